The van der Waals surface area contributed by atoms with Gasteiger partial charge >= 0.3 is 5.97 Å². The first kappa shape index (κ1) is 22.7. The summed E-state index contributed by atoms with van der Waals surface area (Å²) < 4.78 is 5.36. The van der Waals surface area contributed by atoms with Crippen LogP contribution < -0.4 is 10.1 Å². The number of aromatic carboxylic acids is 1. The second-order valence-corrected chi connectivity index (χ2v) is 8.08. The topological polar surface area (TPSA) is 75.6 Å². The Bertz CT molecular complexity index is 1150. The summed E-state index contributed by atoms with van der Waals surface area (Å²) >= 11 is 14.3. The van der Waals surface area contributed by atoms with Gasteiger partial charge in [0, 0.05) is 16.7 Å². The van der Waals surface area contributed by atoms with E-state index >= 15 is 0 Å². The van der Waals surface area contributed by atoms with Crippen molar-refractivity contribution in [3.63, 3.8) is 0 Å². The molecule has 0 aliphatic heterocycles. The van der Waals surface area contributed by atoms with Crippen LogP contribution in [0.4, 0.5) is 5.69 Å². The Kier molecular flexibility index (Phi) is 7.63. The zero-order valence-corrected chi connectivity index (χ0v) is 18.6. The van der Waals surface area contributed by atoms with Crippen molar-refractivity contribution in [2.75, 3.05) is 12.4 Å². The molecule has 0 heterocycles. The second kappa shape index (κ2) is 10.4. The van der Waals surface area contributed by atoms with Crippen molar-refractivity contribution in [2.24, 2.45) is 0 Å². The van der Waals surface area contributed by atoms with E-state index in [2.05, 4.69) is 5.32 Å². The number of nitrogens with one attached hydrogen (secondary N) is 1. The second-order valence-electron chi connectivity index (χ2n) is 6.24. The number of rotatable bonds is 7. The van der Waals surface area contributed by atoms with E-state index in [1.165, 1.54) is 42.1 Å². The molecule has 1 amide bonds. The quantitative estimate of drug-likeness (QED) is 0.382. The van der Waals surface area contributed by atoms with Crippen molar-refractivity contribution < 1.29 is 19.4 Å². The lowest BCUT2D eigenvalue weighted by Crippen LogP contribution is -2.08. The number of carbonyl (C=O) groups is 2. The van der Waals surface area contributed by atoms with Gasteiger partial charge in [0.2, 0.25) is 5.91 Å². The number of benzene rings is 3. The molecule has 158 valence electrons. The summed E-state index contributed by atoms with van der Waals surface area (Å²) in [6.45, 7) is 0. The number of carboxylic acid groups (broad SMARTS) is 1. The molecule has 0 fully saturated rings. The van der Waals surface area contributed by atoms with Crippen LogP contribution in [-0.4, -0.2) is 24.1 Å². The molecule has 0 aliphatic carbocycles. The highest BCUT2D eigenvalue weighted by Crippen LogP contribution is 2.42. The van der Waals surface area contributed by atoms with Crippen LogP contribution >= 0.6 is 35.0 Å². The summed E-state index contributed by atoms with van der Waals surface area (Å²) in [4.78, 5) is 24.7. The van der Waals surface area contributed by atoms with Crippen LogP contribution in [0.3, 0.4) is 0 Å². The molecule has 3 rings (SSSR count). The van der Waals surface area contributed by atoms with Crippen molar-refractivity contribution in [3.8, 4) is 5.75 Å². The number of ether oxygens (including phenoxy) is 1. The molecule has 0 spiro atoms. The van der Waals surface area contributed by atoms with Crippen molar-refractivity contribution in [1.29, 1.82) is 0 Å². The Morgan fingerprint density at radius 2 is 1.68 bits per heavy atom. The van der Waals surface area contributed by atoms with Crippen LogP contribution in [0.5, 0.6) is 5.75 Å². The molecule has 8 heteroatoms. The van der Waals surface area contributed by atoms with E-state index in [9.17, 15) is 9.59 Å². The number of carbonyl (C=O) groups excluding carboxylic acids is 1. The molecule has 0 atom stereocenters. The van der Waals surface area contributed by atoms with E-state index in [1.54, 1.807) is 19.3 Å². The number of hydrogen-bond acceptors (Lipinski definition) is 4. The lowest BCUT2D eigenvalue weighted by molar-refractivity contribution is -0.111. The van der Waals surface area contributed by atoms with Crippen molar-refractivity contribution in [2.45, 2.75) is 9.79 Å². The SMILES string of the molecule is COc1ccccc1Sc1ccc(/C=C/C(=O)Nc2ccc(C(=O)O)cc2)c(Cl)c1Cl. The van der Waals surface area contributed by atoms with Gasteiger partial charge in [0.25, 0.3) is 0 Å². The summed E-state index contributed by atoms with van der Waals surface area (Å²) in [6.07, 6.45) is 2.89. The fourth-order valence-electron chi connectivity index (χ4n) is 2.62. The first-order valence-corrected chi connectivity index (χ1v) is 10.6. The van der Waals surface area contributed by atoms with E-state index in [0.717, 1.165) is 15.5 Å². The summed E-state index contributed by atoms with van der Waals surface area (Å²) in [5, 5.41) is 12.3. The van der Waals surface area contributed by atoms with Gasteiger partial charge in [0.05, 0.1) is 27.6 Å². The van der Waals surface area contributed by atoms with Gasteiger partial charge in [0.15, 0.2) is 0 Å². The molecule has 31 heavy (non-hydrogen) atoms. The third-order valence-electron chi connectivity index (χ3n) is 4.18. The summed E-state index contributed by atoms with van der Waals surface area (Å²) in [5.41, 5.74) is 1.21. The average molecular weight is 474 g/mol. The standard InChI is InChI=1S/C23H17Cl2NO4S/c1-30-17-4-2-3-5-18(17)31-19-12-8-14(21(24)22(19)25)9-13-20(27)26-16-10-6-15(7-11-16)23(28)29/h2-13H,1H3,(H,26,27)(H,28,29)/b13-9+. The molecule has 0 radical (unpaired) electrons. The summed E-state index contributed by atoms with van der Waals surface area (Å²) in [5.74, 6) is -0.684. The van der Waals surface area contributed by atoms with Gasteiger partial charge < -0.3 is 15.2 Å². The van der Waals surface area contributed by atoms with E-state index < -0.39 is 5.97 Å². The smallest absolute Gasteiger partial charge is 0.335 e. The number of halogens is 2. The maximum absolute atomic E-state index is 12.2. The lowest BCUT2D eigenvalue weighted by Gasteiger charge is -2.11. The first-order chi connectivity index (χ1) is 14.9. The van der Waals surface area contributed by atoms with Crippen LogP contribution in [0.25, 0.3) is 6.08 Å². The molecule has 0 aliphatic rings. The Morgan fingerprint density at radius 3 is 2.35 bits per heavy atom. The van der Waals surface area contributed by atoms with Crippen LogP contribution in [0.1, 0.15) is 15.9 Å². The monoisotopic (exact) mass is 473 g/mol. The van der Waals surface area contributed by atoms with Gasteiger partial charge in [-0.1, -0.05) is 53.2 Å². The van der Waals surface area contributed by atoms with Gasteiger partial charge in [-0.2, -0.15) is 0 Å². The third kappa shape index (κ3) is 5.82. The highest BCUT2D eigenvalue weighted by molar-refractivity contribution is 7.99. The molecule has 0 bridgehead atoms. The molecule has 3 aromatic carbocycles. The fraction of sp³-hybridized carbons (Fsp3) is 0.0435. The molecule has 0 saturated heterocycles. The van der Waals surface area contributed by atoms with E-state index in [4.69, 9.17) is 33.0 Å². The third-order valence-corrected chi connectivity index (χ3v) is 6.31. The lowest BCUT2D eigenvalue weighted by atomic mass is 10.2. The number of anilines is 1. The Balaban J connectivity index is 1.71. The zero-order chi connectivity index (χ0) is 22.4. The number of methoxy groups -OCH3 is 1. The number of amides is 1. The van der Waals surface area contributed by atoms with Gasteiger partial charge in [-0.25, -0.2) is 4.79 Å². The molecule has 2 N–H and O–H groups in total. The van der Waals surface area contributed by atoms with Crippen molar-refractivity contribution >= 4 is 58.6 Å². The number of carboxylic acids is 1. The van der Waals surface area contributed by atoms with Gasteiger partial charge in [-0.15, -0.1) is 0 Å². The van der Waals surface area contributed by atoms with Crippen LogP contribution in [-0.2, 0) is 4.79 Å². The highest BCUT2D eigenvalue weighted by atomic mass is 35.5. The summed E-state index contributed by atoms with van der Waals surface area (Å²) in [7, 11) is 1.60. The largest absolute Gasteiger partial charge is 0.496 e. The van der Waals surface area contributed by atoms with Crippen molar-refractivity contribution in [3.05, 3.63) is 87.9 Å². The van der Waals surface area contributed by atoms with Gasteiger partial charge in [0.1, 0.15) is 5.75 Å². The first-order valence-electron chi connectivity index (χ1n) is 9.00. The Hall–Kier alpha value is -2.93. The minimum atomic E-state index is -1.03. The van der Waals surface area contributed by atoms with Gasteiger partial charge in [-0.3, -0.25) is 4.79 Å². The molecule has 5 nitrogen and oxygen atoms in total. The summed E-state index contributed by atoms with van der Waals surface area (Å²) in [6, 6.07) is 17.0. The molecule has 0 unspecified atom stereocenters. The minimum absolute atomic E-state index is 0.140. The minimum Gasteiger partial charge on any atom is -0.496 e. The number of para-hydroxylation sites is 1. The molecule has 0 aromatic heterocycles. The van der Waals surface area contributed by atoms with Crippen molar-refractivity contribution in [1.82, 2.24) is 0 Å². The maximum Gasteiger partial charge on any atom is 0.335 e. The molecular formula is C23H17Cl2NO4S. The van der Waals surface area contributed by atoms with Gasteiger partial charge in [-0.05, 0) is 54.1 Å². The molecule has 3 aromatic rings. The van der Waals surface area contributed by atoms with E-state index in [-0.39, 0.29) is 11.5 Å². The maximum atomic E-state index is 12.2. The predicted molar refractivity (Wildman–Crippen MR) is 125 cm³/mol. The zero-order valence-electron chi connectivity index (χ0n) is 16.3. The predicted octanol–water partition coefficient (Wildman–Crippen LogP) is 6.50. The van der Waals surface area contributed by atoms with E-state index in [1.807, 2.05) is 30.3 Å². The number of hydrogen-bond donors (Lipinski definition) is 2. The van der Waals surface area contributed by atoms with Crippen LogP contribution in [0.15, 0.2) is 76.5 Å². The Labute approximate surface area is 193 Å². The van der Waals surface area contributed by atoms with E-state index in [0.29, 0.717) is 21.3 Å². The van der Waals surface area contributed by atoms with Crippen LogP contribution in [0, 0.1) is 0 Å². The fourth-order valence-corrected chi connectivity index (χ4v) is 4.16. The average Bonchev–Trinajstić information content (AvgIpc) is 2.77. The highest BCUT2D eigenvalue weighted by Gasteiger charge is 2.12. The molecule has 0 saturated carbocycles. The molecular weight excluding hydrogens is 457 g/mol. The Morgan fingerprint density at radius 1 is 0.968 bits per heavy atom. The normalized spacial score (nSPS) is 10.8. The van der Waals surface area contributed by atoms with Crippen LogP contribution in [0.2, 0.25) is 10.0 Å².